The summed E-state index contributed by atoms with van der Waals surface area (Å²) < 4.78 is 5.81. The van der Waals surface area contributed by atoms with E-state index in [0.29, 0.717) is 32.2 Å². The number of ether oxygens (including phenoxy) is 1. The van der Waals surface area contributed by atoms with E-state index >= 15 is 0 Å². The Kier molecular flexibility index (Phi) is 9.52. The third kappa shape index (κ3) is 7.06. The maximum Gasteiger partial charge on any atom is 0.320 e. The molecule has 2 N–H and O–H groups in total. The number of halogens is 1. The minimum atomic E-state index is -0.828. The molecule has 134 valence electrons. The highest BCUT2D eigenvalue weighted by atomic mass is 35.5. The van der Waals surface area contributed by atoms with Gasteiger partial charge < -0.3 is 15.2 Å². The van der Waals surface area contributed by atoms with Gasteiger partial charge in [-0.3, -0.25) is 14.5 Å². The monoisotopic (exact) mass is 348 g/mol. The number of hydrogen-bond donors (Lipinski definition) is 2. The maximum absolute atomic E-state index is 11.8. The summed E-state index contributed by atoms with van der Waals surface area (Å²) in [5.74, 6) is -0.919. The quantitative estimate of drug-likeness (QED) is 0.654. The molecule has 1 aliphatic carbocycles. The number of hydrogen-bond acceptors (Lipinski definition) is 4. The van der Waals surface area contributed by atoms with Gasteiger partial charge in [-0.05, 0) is 38.6 Å². The van der Waals surface area contributed by atoms with Crippen LogP contribution in [0.4, 0.5) is 0 Å². The van der Waals surface area contributed by atoms with E-state index < -0.39 is 12.0 Å². The van der Waals surface area contributed by atoms with Gasteiger partial charge in [-0.2, -0.15) is 0 Å². The van der Waals surface area contributed by atoms with Crippen LogP contribution in [0.5, 0.6) is 0 Å². The first-order chi connectivity index (χ1) is 10.7. The van der Waals surface area contributed by atoms with Crippen molar-refractivity contribution in [3.05, 3.63) is 0 Å². The van der Waals surface area contributed by atoms with Crippen LogP contribution < -0.4 is 5.32 Å². The number of nitrogens with one attached hydrogen (secondary N) is 1. The number of rotatable bonds is 8. The van der Waals surface area contributed by atoms with Crippen LogP contribution in [-0.4, -0.2) is 60.3 Å². The zero-order valence-electron chi connectivity index (χ0n) is 13.7. The van der Waals surface area contributed by atoms with E-state index in [1.165, 1.54) is 19.3 Å². The molecule has 0 aromatic rings. The van der Waals surface area contributed by atoms with Gasteiger partial charge in [0.1, 0.15) is 6.04 Å². The van der Waals surface area contributed by atoms with E-state index in [1.807, 2.05) is 0 Å². The summed E-state index contributed by atoms with van der Waals surface area (Å²) in [7, 11) is 0. The average Bonchev–Trinajstić information content (AvgIpc) is 2.96. The molecule has 6 nitrogen and oxygen atoms in total. The molecule has 2 aliphatic rings. The summed E-state index contributed by atoms with van der Waals surface area (Å²) in [6, 6.07) is -0.500. The fourth-order valence-corrected chi connectivity index (χ4v) is 3.32. The van der Waals surface area contributed by atoms with Gasteiger partial charge in [-0.25, -0.2) is 0 Å². The number of carboxylic acid groups (broad SMARTS) is 1. The van der Waals surface area contributed by atoms with Crippen LogP contribution in [0.3, 0.4) is 0 Å². The lowest BCUT2D eigenvalue weighted by molar-refractivity contribution is -0.142. The predicted octanol–water partition coefficient (Wildman–Crippen LogP) is 1.81. The predicted molar refractivity (Wildman–Crippen MR) is 89.9 cm³/mol. The van der Waals surface area contributed by atoms with E-state index in [4.69, 9.17) is 9.84 Å². The fraction of sp³-hybridized carbons (Fsp3) is 0.875. The lowest BCUT2D eigenvalue weighted by atomic mass is 9.98. The second-order valence-corrected chi connectivity index (χ2v) is 6.30. The second-order valence-electron chi connectivity index (χ2n) is 6.30. The summed E-state index contributed by atoms with van der Waals surface area (Å²) >= 11 is 0. The summed E-state index contributed by atoms with van der Waals surface area (Å²) in [6.07, 6.45) is 8.89. The highest BCUT2D eigenvalue weighted by molar-refractivity contribution is 5.85. The number of carboxylic acids is 1. The fourth-order valence-electron chi connectivity index (χ4n) is 3.32. The smallest absolute Gasteiger partial charge is 0.320 e. The van der Waals surface area contributed by atoms with Crippen molar-refractivity contribution in [2.24, 2.45) is 0 Å². The summed E-state index contributed by atoms with van der Waals surface area (Å²) in [5.41, 5.74) is 0. The van der Waals surface area contributed by atoms with Gasteiger partial charge in [0, 0.05) is 13.2 Å². The highest BCUT2D eigenvalue weighted by Crippen LogP contribution is 2.20. The third-order valence-electron chi connectivity index (χ3n) is 4.54. The van der Waals surface area contributed by atoms with Crippen molar-refractivity contribution in [3.8, 4) is 0 Å². The van der Waals surface area contributed by atoms with Crippen LogP contribution in [0.2, 0.25) is 0 Å². The van der Waals surface area contributed by atoms with E-state index in [1.54, 1.807) is 4.90 Å². The highest BCUT2D eigenvalue weighted by Gasteiger charge is 2.31. The molecule has 1 atom stereocenters. The van der Waals surface area contributed by atoms with Gasteiger partial charge in [0.15, 0.2) is 0 Å². The normalized spacial score (nSPS) is 22.5. The minimum absolute atomic E-state index is 0. The van der Waals surface area contributed by atoms with Crippen molar-refractivity contribution in [2.75, 3.05) is 26.2 Å². The van der Waals surface area contributed by atoms with E-state index in [2.05, 4.69) is 5.32 Å². The van der Waals surface area contributed by atoms with E-state index in [9.17, 15) is 9.59 Å². The Morgan fingerprint density at radius 1 is 1.13 bits per heavy atom. The van der Waals surface area contributed by atoms with Gasteiger partial charge in [-0.1, -0.05) is 19.3 Å². The Bertz CT molecular complexity index is 375. The minimum Gasteiger partial charge on any atom is -0.480 e. The lowest BCUT2D eigenvalue weighted by Crippen LogP contribution is -2.43. The van der Waals surface area contributed by atoms with Crippen molar-refractivity contribution in [1.29, 1.82) is 0 Å². The second kappa shape index (κ2) is 10.8. The van der Waals surface area contributed by atoms with Crippen LogP contribution in [-0.2, 0) is 14.3 Å². The zero-order valence-corrected chi connectivity index (χ0v) is 14.5. The molecule has 2 fully saturated rings. The maximum atomic E-state index is 11.8. The Hall–Kier alpha value is -0.850. The molecule has 0 unspecified atom stereocenters. The van der Waals surface area contributed by atoms with Crippen molar-refractivity contribution in [2.45, 2.75) is 63.5 Å². The largest absolute Gasteiger partial charge is 0.480 e. The van der Waals surface area contributed by atoms with E-state index in [0.717, 1.165) is 25.7 Å². The molecule has 0 aromatic heterocycles. The van der Waals surface area contributed by atoms with Crippen LogP contribution in [0, 0.1) is 0 Å². The molecule has 1 amide bonds. The number of amides is 1. The first kappa shape index (κ1) is 20.2. The number of nitrogens with zero attached hydrogens (tertiary/aromatic N) is 1. The molecular weight excluding hydrogens is 320 g/mol. The van der Waals surface area contributed by atoms with Gasteiger partial charge in [0.25, 0.3) is 0 Å². The molecule has 1 heterocycles. The first-order valence-electron chi connectivity index (χ1n) is 8.52. The van der Waals surface area contributed by atoms with Gasteiger partial charge in [-0.15, -0.1) is 12.4 Å². The number of carbonyl (C=O) groups is 2. The van der Waals surface area contributed by atoms with Crippen LogP contribution in [0.25, 0.3) is 0 Å². The molecule has 0 bridgehead atoms. The van der Waals surface area contributed by atoms with E-state index in [-0.39, 0.29) is 24.9 Å². The Morgan fingerprint density at radius 3 is 2.57 bits per heavy atom. The summed E-state index contributed by atoms with van der Waals surface area (Å²) in [6.45, 7) is 2.15. The van der Waals surface area contributed by atoms with Crippen LogP contribution >= 0.6 is 12.4 Å². The summed E-state index contributed by atoms with van der Waals surface area (Å²) in [5, 5.41) is 11.9. The standard InChI is InChI=1S/C16H28N2O4.ClH/c19-15(12-18-10-4-8-14(18)16(20)21)17-9-5-11-22-13-6-2-1-3-7-13;/h13-14H,1-12H2,(H,17,19)(H,20,21);1H/t14-;/m1./s1. The lowest BCUT2D eigenvalue weighted by Gasteiger charge is -2.22. The molecule has 1 saturated heterocycles. The van der Waals surface area contributed by atoms with Crippen LogP contribution in [0.15, 0.2) is 0 Å². The molecule has 0 aromatic carbocycles. The van der Waals surface area contributed by atoms with Crippen molar-refractivity contribution in [1.82, 2.24) is 10.2 Å². The SMILES string of the molecule is Cl.O=C(CN1CCC[C@@H]1C(=O)O)NCCCOC1CCCCC1. The number of aliphatic carboxylic acids is 1. The first-order valence-corrected chi connectivity index (χ1v) is 8.52. The number of carbonyl (C=O) groups excluding carboxylic acids is 1. The Labute approximate surface area is 144 Å². The molecular formula is C16H29ClN2O4. The van der Waals surface area contributed by atoms with Gasteiger partial charge in [0.2, 0.25) is 5.91 Å². The summed E-state index contributed by atoms with van der Waals surface area (Å²) in [4.78, 5) is 24.6. The molecule has 2 rings (SSSR count). The molecule has 0 radical (unpaired) electrons. The van der Waals surface area contributed by atoms with Crippen molar-refractivity contribution < 1.29 is 19.4 Å². The molecule has 1 saturated carbocycles. The topological polar surface area (TPSA) is 78.9 Å². The average molecular weight is 349 g/mol. The van der Waals surface area contributed by atoms with Crippen molar-refractivity contribution >= 4 is 24.3 Å². The molecule has 0 spiro atoms. The molecule has 23 heavy (non-hydrogen) atoms. The number of likely N-dealkylation sites (tertiary alicyclic amines) is 1. The Morgan fingerprint density at radius 2 is 1.87 bits per heavy atom. The molecule has 7 heteroatoms. The third-order valence-corrected chi connectivity index (χ3v) is 4.54. The zero-order chi connectivity index (χ0) is 15.8. The van der Waals surface area contributed by atoms with Gasteiger partial charge in [0.05, 0.1) is 12.6 Å². The molecule has 1 aliphatic heterocycles. The Balaban J connectivity index is 0.00000264. The van der Waals surface area contributed by atoms with Gasteiger partial charge >= 0.3 is 5.97 Å². The van der Waals surface area contributed by atoms with Crippen molar-refractivity contribution in [3.63, 3.8) is 0 Å². The van der Waals surface area contributed by atoms with Crippen LogP contribution in [0.1, 0.15) is 51.4 Å².